The minimum Gasteiger partial charge on any atom is -0.457 e. The summed E-state index contributed by atoms with van der Waals surface area (Å²) >= 11 is 0. The van der Waals surface area contributed by atoms with Gasteiger partial charge in [0.2, 0.25) is 10.0 Å². The molecule has 0 unspecified atom stereocenters. The summed E-state index contributed by atoms with van der Waals surface area (Å²) in [5.41, 5.74) is 2.65. The van der Waals surface area contributed by atoms with E-state index in [0.717, 1.165) is 24.0 Å². The molecule has 1 aliphatic rings. The van der Waals surface area contributed by atoms with Gasteiger partial charge in [-0.1, -0.05) is 0 Å². The number of aryl methyl sites for hydroxylation is 2. The van der Waals surface area contributed by atoms with Crippen molar-refractivity contribution in [3.8, 4) is 0 Å². The number of benzene rings is 2. The molecular weight excluding hydrogens is 446 g/mol. The third-order valence-electron chi connectivity index (χ3n) is 5.73. The summed E-state index contributed by atoms with van der Waals surface area (Å²) in [5.74, 6) is -0.628. The van der Waals surface area contributed by atoms with Crippen molar-refractivity contribution in [2.75, 3.05) is 13.2 Å². The van der Waals surface area contributed by atoms with E-state index < -0.39 is 21.6 Å². The van der Waals surface area contributed by atoms with E-state index in [0.29, 0.717) is 23.1 Å². The Hall–Kier alpha value is -3.01. The van der Waals surface area contributed by atoms with E-state index in [4.69, 9.17) is 13.9 Å². The average Bonchev–Trinajstić information content (AvgIpc) is 3.31. The van der Waals surface area contributed by atoms with Gasteiger partial charge in [-0.2, -0.15) is 0 Å². The summed E-state index contributed by atoms with van der Waals surface area (Å²) in [6.07, 6.45) is 1.63. The van der Waals surface area contributed by atoms with Crippen LogP contribution in [0, 0.1) is 13.8 Å². The molecule has 3 aromatic rings. The summed E-state index contributed by atoms with van der Waals surface area (Å²) in [5, 5.41) is 0.698. The number of fused-ring (bicyclic) bond motifs is 1. The third kappa shape index (κ3) is 5.32. The van der Waals surface area contributed by atoms with Crippen LogP contribution in [-0.2, 0) is 26.1 Å². The maximum atomic E-state index is 12.5. The number of hydrogen-bond donors (Lipinski definition) is 1. The van der Waals surface area contributed by atoms with Crippen LogP contribution in [0.3, 0.4) is 0 Å². The smallest absolute Gasteiger partial charge is 0.338 e. The lowest BCUT2D eigenvalue weighted by molar-refractivity contribution is 0.0473. The minimum atomic E-state index is -3.71. The normalized spacial score (nSPS) is 16.2. The second-order valence-electron chi connectivity index (χ2n) is 8.11. The Kier molecular flexibility index (Phi) is 6.64. The second kappa shape index (κ2) is 9.46. The van der Waals surface area contributed by atoms with Crippen molar-refractivity contribution in [3.63, 3.8) is 0 Å². The number of nitrogens with one attached hydrogen (secondary N) is 1. The molecule has 0 saturated carbocycles. The monoisotopic (exact) mass is 471 g/mol. The summed E-state index contributed by atoms with van der Waals surface area (Å²) in [6.45, 7) is 4.60. The molecule has 1 atom stereocenters. The van der Waals surface area contributed by atoms with Crippen LogP contribution in [0.25, 0.3) is 11.0 Å². The minimum absolute atomic E-state index is 0.0505. The largest absolute Gasteiger partial charge is 0.457 e. The maximum Gasteiger partial charge on any atom is 0.338 e. The number of carbonyl (C=O) groups is 1. The fourth-order valence-corrected chi connectivity index (χ4v) is 4.76. The SMILES string of the molecule is Cc1cc2oc(=O)cc(COC(=O)c3ccc(S(=O)(=O)NC[C@@H]4CCCO4)cc3)c2cc1C. The molecule has 1 N–H and O–H groups in total. The Labute approximate surface area is 191 Å². The molecule has 0 aliphatic carbocycles. The summed E-state index contributed by atoms with van der Waals surface area (Å²) in [6, 6.07) is 10.5. The van der Waals surface area contributed by atoms with Crippen molar-refractivity contribution >= 4 is 27.0 Å². The van der Waals surface area contributed by atoms with Gasteiger partial charge in [0.25, 0.3) is 0 Å². The number of rotatable bonds is 7. The lowest BCUT2D eigenvalue weighted by Gasteiger charge is -2.12. The van der Waals surface area contributed by atoms with Crippen LogP contribution in [0.1, 0.15) is 39.9 Å². The molecule has 1 saturated heterocycles. The highest BCUT2D eigenvalue weighted by Crippen LogP contribution is 2.22. The Balaban J connectivity index is 1.44. The van der Waals surface area contributed by atoms with Gasteiger partial charge in [-0.3, -0.25) is 0 Å². The molecule has 8 nitrogen and oxygen atoms in total. The molecular formula is C24H25NO7S. The highest BCUT2D eigenvalue weighted by Gasteiger charge is 2.21. The van der Waals surface area contributed by atoms with Gasteiger partial charge in [-0.05, 0) is 74.2 Å². The van der Waals surface area contributed by atoms with Crippen LogP contribution in [0.2, 0.25) is 0 Å². The molecule has 0 spiro atoms. The number of ether oxygens (including phenoxy) is 2. The van der Waals surface area contributed by atoms with Gasteiger partial charge in [0.05, 0.1) is 16.6 Å². The van der Waals surface area contributed by atoms with E-state index in [9.17, 15) is 18.0 Å². The first-order valence-electron chi connectivity index (χ1n) is 10.7. The topological polar surface area (TPSA) is 112 Å². The van der Waals surface area contributed by atoms with E-state index in [2.05, 4.69) is 4.72 Å². The van der Waals surface area contributed by atoms with Crippen molar-refractivity contribution in [2.45, 2.75) is 44.3 Å². The Morgan fingerprint density at radius 2 is 1.85 bits per heavy atom. The lowest BCUT2D eigenvalue weighted by atomic mass is 10.0. The molecule has 4 rings (SSSR count). The van der Waals surface area contributed by atoms with E-state index in [-0.39, 0.29) is 29.7 Å². The van der Waals surface area contributed by atoms with Crippen LogP contribution in [0.4, 0.5) is 0 Å². The van der Waals surface area contributed by atoms with Gasteiger partial charge in [-0.15, -0.1) is 0 Å². The molecule has 2 aromatic carbocycles. The molecule has 0 bridgehead atoms. The molecule has 2 heterocycles. The zero-order chi connectivity index (χ0) is 23.6. The highest BCUT2D eigenvalue weighted by molar-refractivity contribution is 7.89. The average molecular weight is 472 g/mol. The number of hydrogen-bond acceptors (Lipinski definition) is 7. The first-order valence-corrected chi connectivity index (χ1v) is 12.1. The van der Waals surface area contributed by atoms with Crippen molar-refractivity contribution in [2.24, 2.45) is 0 Å². The summed E-state index contributed by atoms with van der Waals surface area (Å²) in [4.78, 5) is 24.5. The standard InChI is InChI=1S/C24H25NO7S/c1-15-10-21-18(12-23(26)32-22(21)11-16(15)2)14-31-24(27)17-5-7-20(8-6-17)33(28,29)25-13-19-4-3-9-30-19/h5-8,10-12,19,25H,3-4,9,13-14H2,1-2H3/t19-/m0/s1. The van der Waals surface area contributed by atoms with Crippen LogP contribution in [-0.4, -0.2) is 33.6 Å². The highest BCUT2D eigenvalue weighted by atomic mass is 32.2. The Morgan fingerprint density at radius 1 is 1.12 bits per heavy atom. The van der Waals surface area contributed by atoms with Gasteiger partial charge >= 0.3 is 11.6 Å². The van der Waals surface area contributed by atoms with E-state index >= 15 is 0 Å². The van der Waals surface area contributed by atoms with Crippen LogP contribution < -0.4 is 10.3 Å². The molecule has 0 amide bonds. The van der Waals surface area contributed by atoms with Crippen molar-refractivity contribution < 1.29 is 27.1 Å². The number of sulfonamides is 1. The number of carbonyl (C=O) groups excluding carboxylic acids is 1. The third-order valence-corrected chi connectivity index (χ3v) is 7.17. The predicted molar refractivity (Wildman–Crippen MR) is 122 cm³/mol. The quantitative estimate of drug-likeness (QED) is 0.416. The molecule has 1 aliphatic heterocycles. The summed E-state index contributed by atoms with van der Waals surface area (Å²) in [7, 11) is -3.71. The first-order chi connectivity index (χ1) is 15.7. The number of esters is 1. The fourth-order valence-electron chi connectivity index (χ4n) is 3.69. The van der Waals surface area contributed by atoms with Gasteiger partial charge in [-0.25, -0.2) is 22.7 Å². The maximum absolute atomic E-state index is 12.5. The second-order valence-corrected chi connectivity index (χ2v) is 9.88. The molecule has 1 aromatic heterocycles. The molecule has 1 fully saturated rings. The molecule has 174 valence electrons. The van der Waals surface area contributed by atoms with Gasteiger partial charge in [0.1, 0.15) is 12.2 Å². The summed E-state index contributed by atoms with van der Waals surface area (Å²) < 4.78 is 43.5. The predicted octanol–water partition coefficient (Wildman–Crippen LogP) is 3.22. The molecule has 0 radical (unpaired) electrons. The van der Waals surface area contributed by atoms with E-state index in [1.165, 1.54) is 30.3 Å². The van der Waals surface area contributed by atoms with Crippen LogP contribution in [0.15, 0.2) is 56.6 Å². The van der Waals surface area contributed by atoms with Crippen molar-refractivity contribution in [3.05, 3.63) is 75.1 Å². The van der Waals surface area contributed by atoms with Crippen molar-refractivity contribution in [1.29, 1.82) is 0 Å². The first kappa shape index (κ1) is 23.2. The van der Waals surface area contributed by atoms with Gasteiger partial charge in [0.15, 0.2) is 0 Å². The van der Waals surface area contributed by atoms with Crippen LogP contribution >= 0.6 is 0 Å². The molecule has 33 heavy (non-hydrogen) atoms. The van der Waals surface area contributed by atoms with Crippen LogP contribution in [0.5, 0.6) is 0 Å². The molecule has 9 heteroatoms. The zero-order valence-electron chi connectivity index (χ0n) is 18.4. The van der Waals surface area contributed by atoms with Crippen molar-refractivity contribution in [1.82, 2.24) is 4.72 Å². The van der Waals surface area contributed by atoms with E-state index in [1.54, 1.807) is 6.07 Å². The lowest BCUT2D eigenvalue weighted by Crippen LogP contribution is -2.31. The Morgan fingerprint density at radius 3 is 2.55 bits per heavy atom. The Bertz CT molecular complexity index is 1340. The fraction of sp³-hybridized carbons (Fsp3) is 0.333. The zero-order valence-corrected chi connectivity index (χ0v) is 19.2. The van der Waals surface area contributed by atoms with E-state index in [1.807, 2.05) is 19.9 Å². The van der Waals surface area contributed by atoms with Gasteiger partial charge in [0, 0.05) is 30.2 Å². The van der Waals surface area contributed by atoms with Gasteiger partial charge < -0.3 is 13.9 Å².